The Labute approximate surface area is 204 Å². The van der Waals surface area contributed by atoms with Crippen LogP contribution < -0.4 is 0 Å². The van der Waals surface area contributed by atoms with Gasteiger partial charge in [-0.25, -0.2) is 4.79 Å². The molecule has 4 rings (SSSR count). The molecule has 5 heteroatoms. The fourth-order valence-electron chi connectivity index (χ4n) is 5.75. The number of piperidine rings is 1. The number of aliphatic hydroxyl groups excluding tert-OH is 1. The second kappa shape index (κ2) is 11.9. The molecule has 0 bridgehead atoms. The quantitative estimate of drug-likeness (QED) is 0.581. The van der Waals surface area contributed by atoms with E-state index in [1.807, 2.05) is 42.3 Å². The third-order valence-electron chi connectivity index (χ3n) is 8.21. The van der Waals surface area contributed by atoms with Gasteiger partial charge in [0.15, 0.2) is 0 Å². The molecule has 0 aromatic heterocycles. The zero-order valence-corrected chi connectivity index (χ0v) is 20.6. The molecule has 1 aliphatic carbocycles. The first-order valence-corrected chi connectivity index (χ1v) is 12.9. The number of hydrogen-bond acceptors (Lipinski definition) is 4. The first-order chi connectivity index (χ1) is 16.6. The maximum absolute atomic E-state index is 12.7. The Morgan fingerprint density at radius 1 is 1.00 bits per heavy atom. The van der Waals surface area contributed by atoms with Crippen molar-refractivity contribution in [3.63, 3.8) is 0 Å². The number of aliphatic hydroxyl groups is 1. The number of amides is 1. The fraction of sp³-hybridized carbons (Fsp3) is 0.552. The van der Waals surface area contributed by atoms with Crippen LogP contribution in [0, 0.1) is 5.92 Å². The van der Waals surface area contributed by atoms with Crippen LogP contribution in [-0.2, 0) is 16.8 Å². The molecule has 1 heterocycles. The van der Waals surface area contributed by atoms with Crippen molar-refractivity contribution in [2.75, 3.05) is 33.3 Å². The SMILES string of the molecule is CN(C(=O)OCc1ccccc1)C1CCC(CCN2CCC(CO)CC2)(c2ccccc2)CC1. The van der Waals surface area contributed by atoms with E-state index in [-0.39, 0.29) is 17.6 Å². The summed E-state index contributed by atoms with van der Waals surface area (Å²) in [6, 6.07) is 21.1. The zero-order chi connectivity index (χ0) is 23.8. The number of likely N-dealkylation sites (tertiary alicyclic amines) is 1. The lowest BCUT2D eigenvalue weighted by Crippen LogP contribution is -2.45. The maximum Gasteiger partial charge on any atom is 0.410 e. The molecule has 2 aliphatic rings. The monoisotopic (exact) mass is 464 g/mol. The molecular formula is C29H40N2O3. The summed E-state index contributed by atoms with van der Waals surface area (Å²) in [5.41, 5.74) is 2.62. The van der Waals surface area contributed by atoms with Gasteiger partial charge < -0.3 is 19.6 Å². The Kier molecular flexibility index (Phi) is 8.63. The average molecular weight is 465 g/mol. The van der Waals surface area contributed by atoms with Crippen LogP contribution in [0.4, 0.5) is 4.79 Å². The average Bonchev–Trinajstić information content (AvgIpc) is 2.92. The second-order valence-corrected chi connectivity index (χ2v) is 10.2. The van der Waals surface area contributed by atoms with Crippen LogP contribution in [0.5, 0.6) is 0 Å². The Hall–Kier alpha value is -2.37. The van der Waals surface area contributed by atoms with Crippen LogP contribution in [0.3, 0.4) is 0 Å². The summed E-state index contributed by atoms with van der Waals surface area (Å²) in [5, 5.41) is 9.45. The van der Waals surface area contributed by atoms with Gasteiger partial charge in [0.05, 0.1) is 0 Å². The molecule has 2 aromatic carbocycles. The number of hydrogen-bond donors (Lipinski definition) is 1. The molecule has 2 fully saturated rings. The zero-order valence-electron chi connectivity index (χ0n) is 20.6. The highest BCUT2D eigenvalue weighted by Gasteiger charge is 2.39. The van der Waals surface area contributed by atoms with E-state index >= 15 is 0 Å². The summed E-state index contributed by atoms with van der Waals surface area (Å²) < 4.78 is 5.59. The van der Waals surface area contributed by atoms with Gasteiger partial charge in [0.25, 0.3) is 0 Å². The molecule has 1 amide bonds. The minimum absolute atomic E-state index is 0.167. The van der Waals surface area contributed by atoms with Crippen molar-refractivity contribution in [2.24, 2.45) is 5.92 Å². The normalized spacial score (nSPS) is 24.0. The van der Waals surface area contributed by atoms with Gasteiger partial charge in [-0.2, -0.15) is 0 Å². The molecule has 5 nitrogen and oxygen atoms in total. The van der Waals surface area contributed by atoms with Gasteiger partial charge in [0.1, 0.15) is 6.61 Å². The number of nitrogens with zero attached hydrogens (tertiary/aromatic N) is 2. The predicted octanol–water partition coefficient (Wildman–Crippen LogP) is 5.23. The minimum atomic E-state index is -0.229. The van der Waals surface area contributed by atoms with Crippen molar-refractivity contribution in [1.82, 2.24) is 9.80 Å². The lowest BCUT2D eigenvalue weighted by molar-refractivity contribution is 0.0719. The summed E-state index contributed by atoms with van der Waals surface area (Å²) in [6.07, 6.45) is 7.30. The van der Waals surface area contributed by atoms with Gasteiger partial charge in [0.2, 0.25) is 0 Å². The molecule has 34 heavy (non-hydrogen) atoms. The molecule has 2 aromatic rings. The van der Waals surface area contributed by atoms with E-state index in [9.17, 15) is 9.90 Å². The summed E-state index contributed by atoms with van der Waals surface area (Å²) in [4.78, 5) is 17.1. The molecule has 184 valence electrons. The van der Waals surface area contributed by atoms with Crippen LogP contribution in [0.1, 0.15) is 56.1 Å². The third-order valence-corrected chi connectivity index (χ3v) is 8.21. The highest BCUT2D eigenvalue weighted by Crippen LogP contribution is 2.43. The van der Waals surface area contributed by atoms with E-state index < -0.39 is 0 Å². The molecular weight excluding hydrogens is 424 g/mol. The highest BCUT2D eigenvalue weighted by molar-refractivity contribution is 5.67. The second-order valence-electron chi connectivity index (χ2n) is 10.2. The molecule has 1 saturated heterocycles. The number of rotatable bonds is 8. The van der Waals surface area contributed by atoms with Crippen molar-refractivity contribution < 1.29 is 14.6 Å². The van der Waals surface area contributed by atoms with E-state index in [0.717, 1.165) is 70.1 Å². The largest absolute Gasteiger partial charge is 0.445 e. The summed E-state index contributed by atoms with van der Waals surface area (Å²) >= 11 is 0. The lowest BCUT2D eigenvalue weighted by Gasteiger charge is -2.44. The van der Waals surface area contributed by atoms with E-state index in [2.05, 4.69) is 35.2 Å². The molecule has 0 radical (unpaired) electrons. The van der Waals surface area contributed by atoms with Gasteiger partial charge in [-0.15, -0.1) is 0 Å². The first kappa shape index (κ1) is 24.7. The van der Waals surface area contributed by atoms with E-state index in [1.54, 1.807) is 0 Å². The topological polar surface area (TPSA) is 53.0 Å². The number of carbonyl (C=O) groups is 1. The van der Waals surface area contributed by atoms with Crippen LogP contribution in [0.15, 0.2) is 60.7 Å². The van der Waals surface area contributed by atoms with E-state index in [1.165, 1.54) is 5.56 Å². The van der Waals surface area contributed by atoms with Crippen LogP contribution >= 0.6 is 0 Å². The van der Waals surface area contributed by atoms with Crippen LogP contribution in [0.2, 0.25) is 0 Å². The summed E-state index contributed by atoms with van der Waals surface area (Å²) in [5.74, 6) is 0.479. The maximum atomic E-state index is 12.7. The van der Waals surface area contributed by atoms with E-state index in [4.69, 9.17) is 4.74 Å². The Morgan fingerprint density at radius 3 is 2.24 bits per heavy atom. The van der Waals surface area contributed by atoms with E-state index in [0.29, 0.717) is 19.1 Å². The molecule has 0 atom stereocenters. The van der Waals surface area contributed by atoms with Gasteiger partial charge >= 0.3 is 6.09 Å². The molecule has 1 aliphatic heterocycles. The van der Waals surface area contributed by atoms with Crippen molar-refractivity contribution in [2.45, 2.75) is 63.0 Å². The van der Waals surface area contributed by atoms with Gasteiger partial charge in [-0.1, -0.05) is 60.7 Å². The predicted molar refractivity (Wildman–Crippen MR) is 136 cm³/mol. The smallest absolute Gasteiger partial charge is 0.410 e. The highest BCUT2D eigenvalue weighted by atomic mass is 16.6. The minimum Gasteiger partial charge on any atom is -0.445 e. The Morgan fingerprint density at radius 2 is 1.62 bits per heavy atom. The first-order valence-electron chi connectivity index (χ1n) is 12.9. The van der Waals surface area contributed by atoms with Crippen LogP contribution in [-0.4, -0.2) is 60.3 Å². The number of carbonyl (C=O) groups excluding carboxylic acids is 1. The lowest BCUT2D eigenvalue weighted by atomic mass is 9.66. The summed E-state index contributed by atoms with van der Waals surface area (Å²) in [7, 11) is 1.89. The molecule has 0 unspecified atom stereocenters. The Bertz CT molecular complexity index is 873. The van der Waals surface area contributed by atoms with Crippen LogP contribution in [0.25, 0.3) is 0 Å². The molecule has 0 spiro atoms. The van der Waals surface area contributed by atoms with Gasteiger partial charge in [-0.3, -0.25) is 0 Å². The summed E-state index contributed by atoms with van der Waals surface area (Å²) in [6.45, 7) is 3.93. The number of benzene rings is 2. The fourth-order valence-corrected chi connectivity index (χ4v) is 5.75. The molecule has 1 N–H and O–H groups in total. The Balaban J connectivity index is 1.34. The standard InChI is InChI=1S/C29H40N2O3/c1-30(28(33)34-23-25-8-4-2-5-9-25)27-12-16-29(17-13-27,26-10-6-3-7-11-26)18-21-31-19-14-24(22-32)15-20-31/h2-11,24,27,32H,12-23H2,1H3. The van der Waals surface area contributed by atoms with Gasteiger partial charge in [0, 0.05) is 19.7 Å². The number of ether oxygens (including phenoxy) is 1. The van der Waals surface area contributed by atoms with Gasteiger partial charge in [-0.05, 0) is 87.0 Å². The van der Waals surface area contributed by atoms with Crippen molar-refractivity contribution in [3.05, 3.63) is 71.8 Å². The molecule has 1 saturated carbocycles. The van der Waals surface area contributed by atoms with Crippen molar-refractivity contribution in [1.29, 1.82) is 0 Å². The third kappa shape index (κ3) is 6.19. The van der Waals surface area contributed by atoms with Crippen molar-refractivity contribution in [3.8, 4) is 0 Å². The van der Waals surface area contributed by atoms with Crippen molar-refractivity contribution >= 4 is 6.09 Å².